The molecule has 9 heteroatoms. The molecule has 3 heterocycles. The fraction of sp³-hybridized carbons (Fsp3) is 0.368. The first-order valence-electron chi connectivity index (χ1n) is 9.30. The van der Waals surface area contributed by atoms with Crippen LogP contribution in [-0.4, -0.2) is 63.1 Å². The monoisotopic (exact) mass is 383 g/mol. The number of carbonyl (C=O) groups is 1. The zero-order valence-electron chi connectivity index (χ0n) is 15.7. The molecule has 0 atom stereocenters. The summed E-state index contributed by atoms with van der Waals surface area (Å²) in [5.41, 5.74) is 1.83. The van der Waals surface area contributed by atoms with Gasteiger partial charge in [0.15, 0.2) is 0 Å². The Morgan fingerprint density at radius 1 is 1.18 bits per heavy atom. The highest BCUT2D eigenvalue weighted by Crippen LogP contribution is 2.17. The molecular weight excluding hydrogens is 361 g/mol. The van der Waals surface area contributed by atoms with Gasteiger partial charge in [0.2, 0.25) is 5.91 Å². The highest BCUT2D eigenvalue weighted by Gasteiger charge is 2.21. The molecule has 1 amide bonds. The molecule has 1 aliphatic rings. The predicted octanol–water partition coefficient (Wildman–Crippen LogP) is 1.72. The number of aryl methyl sites for hydroxylation is 1. The van der Waals surface area contributed by atoms with Crippen molar-refractivity contribution in [2.75, 3.05) is 42.9 Å². The van der Waals surface area contributed by atoms with Crippen molar-refractivity contribution >= 4 is 23.2 Å². The number of amides is 1. The van der Waals surface area contributed by atoms with Crippen molar-refractivity contribution < 1.29 is 9.18 Å². The largest absolute Gasteiger partial charge is 0.369 e. The third kappa shape index (κ3) is 3.88. The fourth-order valence-electron chi connectivity index (χ4n) is 3.38. The first-order valence-corrected chi connectivity index (χ1v) is 9.30. The first kappa shape index (κ1) is 18.1. The molecule has 0 saturated carbocycles. The number of nitrogens with zero attached hydrogens (tertiary/aromatic N) is 6. The van der Waals surface area contributed by atoms with Crippen LogP contribution in [0.5, 0.6) is 0 Å². The van der Waals surface area contributed by atoms with Crippen LogP contribution in [0.4, 0.5) is 15.9 Å². The summed E-state index contributed by atoms with van der Waals surface area (Å²) < 4.78 is 14.7. The fourth-order valence-corrected chi connectivity index (χ4v) is 3.38. The van der Waals surface area contributed by atoms with Crippen LogP contribution in [0.2, 0.25) is 0 Å². The van der Waals surface area contributed by atoms with E-state index in [1.807, 2.05) is 17.9 Å². The number of aromatic nitrogens is 4. The number of carbonyl (C=O) groups excluding carboxylic acids is 1. The van der Waals surface area contributed by atoms with Crippen molar-refractivity contribution in [2.24, 2.45) is 0 Å². The molecule has 3 aromatic rings. The minimum atomic E-state index is -0.238. The maximum atomic E-state index is 13.1. The lowest BCUT2D eigenvalue weighted by molar-refractivity contribution is -0.131. The summed E-state index contributed by atoms with van der Waals surface area (Å²) in [6, 6.07) is 8.36. The summed E-state index contributed by atoms with van der Waals surface area (Å²) in [5.74, 6) is 1.18. The number of hydrogen-bond acceptors (Lipinski definition) is 6. The lowest BCUT2D eigenvalue weighted by Gasteiger charge is -2.36. The lowest BCUT2D eigenvalue weighted by Crippen LogP contribution is -2.49. The van der Waals surface area contributed by atoms with Gasteiger partial charge in [-0.05, 0) is 31.2 Å². The van der Waals surface area contributed by atoms with E-state index in [4.69, 9.17) is 0 Å². The molecule has 1 saturated heterocycles. The molecule has 28 heavy (non-hydrogen) atoms. The third-order valence-electron chi connectivity index (χ3n) is 4.85. The Morgan fingerprint density at radius 3 is 2.68 bits per heavy atom. The Bertz CT molecular complexity index is 964. The van der Waals surface area contributed by atoms with E-state index in [2.05, 4.69) is 25.3 Å². The molecule has 8 nitrogen and oxygen atoms in total. The van der Waals surface area contributed by atoms with E-state index < -0.39 is 0 Å². The second kappa shape index (κ2) is 7.79. The van der Waals surface area contributed by atoms with Crippen molar-refractivity contribution in [1.82, 2.24) is 24.5 Å². The average Bonchev–Trinajstić information content (AvgIpc) is 3.17. The molecule has 0 spiro atoms. The Morgan fingerprint density at radius 2 is 1.93 bits per heavy atom. The van der Waals surface area contributed by atoms with Crippen LogP contribution in [0, 0.1) is 12.7 Å². The average molecular weight is 383 g/mol. The summed E-state index contributed by atoms with van der Waals surface area (Å²) in [4.78, 5) is 25.0. The minimum Gasteiger partial charge on any atom is -0.369 e. The number of nitrogens with one attached hydrogen (secondary N) is 1. The van der Waals surface area contributed by atoms with Crippen LogP contribution >= 0.6 is 0 Å². The first-order chi connectivity index (χ1) is 13.6. The zero-order chi connectivity index (χ0) is 19.5. The van der Waals surface area contributed by atoms with Crippen molar-refractivity contribution in [2.45, 2.75) is 13.3 Å². The molecular formula is C19H22FN7O. The van der Waals surface area contributed by atoms with Gasteiger partial charge >= 0.3 is 0 Å². The molecule has 1 N–H and O–H groups in total. The van der Waals surface area contributed by atoms with Gasteiger partial charge in [-0.3, -0.25) is 4.79 Å². The van der Waals surface area contributed by atoms with Gasteiger partial charge in [-0.2, -0.15) is 14.6 Å². The number of halogens is 1. The predicted molar refractivity (Wildman–Crippen MR) is 104 cm³/mol. The minimum absolute atomic E-state index is 0.117. The van der Waals surface area contributed by atoms with Crippen LogP contribution in [0.25, 0.3) is 5.78 Å². The summed E-state index contributed by atoms with van der Waals surface area (Å²) in [6.07, 6.45) is 1.85. The van der Waals surface area contributed by atoms with Gasteiger partial charge in [0.25, 0.3) is 5.78 Å². The Hall–Kier alpha value is -3.23. The number of fused-ring (bicyclic) bond motifs is 1. The Labute approximate surface area is 162 Å². The van der Waals surface area contributed by atoms with E-state index in [0.29, 0.717) is 31.8 Å². The number of anilines is 2. The number of rotatable bonds is 5. The van der Waals surface area contributed by atoms with E-state index in [9.17, 15) is 9.18 Å². The van der Waals surface area contributed by atoms with E-state index in [1.54, 1.807) is 16.6 Å². The molecule has 0 aliphatic carbocycles. The van der Waals surface area contributed by atoms with Gasteiger partial charge in [0, 0.05) is 56.6 Å². The van der Waals surface area contributed by atoms with Gasteiger partial charge in [-0.25, -0.2) is 9.37 Å². The van der Waals surface area contributed by atoms with Crippen LogP contribution in [-0.2, 0) is 4.79 Å². The van der Waals surface area contributed by atoms with Crippen molar-refractivity contribution in [1.29, 1.82) is 0 Å². The van der Waals surface area contributed by atoms with Gasteiger partial charge in [-0.1, -0.05) is 0 Å². The zero-order valence-corrected chi connectivity index (χ0v) is 15.7. The van der Waals surface area contributed by atoms with E-state index in [-0.39, 0.29) is 11.7 Å². The smallest absolute Gasteiger partial charge is 0.254 e. The summed E-state index contributed by atoms with van der Waals surface area (Å²) in [7, 11) is 0. The van der Waals surface area contributed by atoms with Crippen LogP contribution in [0.15, 0.2) is 36.7 Å². The SMILES string of the molecule is Cc1cc(NCCC(=O)N2CCN(c3ccc(F)cc3)CC2)n2ncnc2n1. The molecule has 0 unspecified atom stereocenters. The number of benzene rings is 1. The number of hydrogen-bond donors (Lipinski definition) is 1. The molecule has 1 aliphatic heterocycles. The van der Waals surface area contributed by atoms with E-state index in [0.717, 1.165) is 30.3 Å². The van der Waals surface area contributed by atoms with Gasteiger partial charge in [0.05, 0.1) is 0 Å². The molecule has 0 radical (unpaired) electrons. The molecule has 2 aromatic heterocycles. The van der Waals surface area contributed by atoms with Crippen molar-refractivity contribution in [3.05, 3.63) is 48.2 Å². The molecule has 146 valence electrons. The summed E-state index contributed by atoms with van der Waals surface area (Å²) in [6.45, 7) is 5.22. The second-order valence-electron chi connectivity index (χ2n) is 6.78. The third-order valence-corrected chi connectivity index (χ3v) is 4.85. The maximum absolute atomic E-state index is 13.1. The highest BCUT2D eigenvalue weighted by atomic mass is 19.1. The van der Waals surface area contributed by atoms with Crippen molar-refractivity contribution in [3.8, 4) is 0 Å². The summed E-state index contributed by atoms with van der Waals surface area (Å²) >= 11 is 0. The summed E-state index contributed by atoms with van der Waals surface area (Å²) in [5, 5.41) is 7.40. The van der Waals surface area contributed by atoms with Gasteiger partial charge in [-0.15, -0.1) is 0 Å². The molecule has 1 aromatic carbocycles. The Kier molecular flexibility index (Phi) is 5.05. The lowest BCUT2D eigenvalue weighted by atomic mass is 10.2. The van der Waals surface area contributed by atoms with Crippen LogP contribution in [0.1, 0.15) is 12.1 Å². The molecule has 4 rings (SSSR count). The van der Waals surface area contributed by atoms with E-state index >= 15 is 0 Å². The maximum Gasteiger partial charge on any atom is 0.254 e. The molecule has 0 bridgehead atoms. The van der Waals surface area contributed by atoms with Crippen LogP contribution < -0.4 is 10.2 Å². The normalized spacial score (nSPS) is 14.5. The molecule has 1 fully saturated rings. The van der Waals surface area contributed by atoms with Gasteiger partial charge in [0.1, 0.15) is 18.0 Å². The highest BCUT2D eigenvalue weighted by molar-refractivity contribution is 5.77. The van der Waals surface area contributed by atoms with Crippen molar-refractivity contribution in [3.63, 3.8) is 0 Å². The van der Waals surface area contributed by atoms with Gasteiger partial charge < -0.3 is 15.1 Å². The topological polar surface area (TPSA) is 78.7 Å². The second-order valence-corrected chi connectivity index (χ2v) is 6.78. The van der Waals surface area contributed by atoms with Crippen LogP contribution in [0.3, 0.4) is 0 Å². The standard InChI is InChI=1S/C19H22FN7O/c1-14-12-17(27-19(24-14)22-13-23-27)21-7-6-18(28)26-10-8-25(9-11-26)16-4-2-15(20)3-5-16/h2-5,12-13,21H,6-11H2,1H3. The number of piperazine rings is 1. The quantitative estimate of drug-likeness (QED) is 0.723. The van der Waals surface area contributed by atoms with E-state index in [1.165, 1.54) is 18.5 Å². The Balaban J connectivity index is 1.28.